The lowest BCUT2D eigenvalue weighted by atomic mass is 9.87. The number of rotatable bonds is 4. The Kier molecular flexibility index (Phi) is 3.99. The Labute approximate surface area is 126 Å². The summed E-state index contributed by atoms with van der Waals surface area (Å²) >= 11 is 0. The van der Waals surface area contributed by atoms with Crippen LogP contribution < -0.4 is 9.64 Å². The van der Waals surface area contributed by atoms with E-state index in [0.29, 0.717) is 6.61 Å². The van der Waals surface area contributed by atoms with Gasteiger partial charge >= 0.3 is 5.97 Å². The van der Waals surface area contributed by atoms with Crippen molar-refractivity contribution in [1.29, 1.82) is 0 Å². The molecular formula is C17H23NO3. The summed E-state index contributed by atoms with van der Waals surface area (Å²) in [5, 5.41) is 9.41. The number of aliphatic carboxylic acids is 1. The van der Waals surface area contributed by atoms with Gasteiger partial charge in [0.15, 0.2) is 0 Å². The molecule has 0 aliphatic carbocycles. The van der Waals surface area contributed by atoms with E-state index in [1.807, 2.05) is 43.9 Å². The third-order valence-corrected chi connectivity index (χ3v) is 3.90. The summed E-state index contributed by atoms with van der Waals surface area (Å²) in [6, 6.07) is 5.25. The molecule has 1 unspecified atom stereocenters. The Morgan fingerprint density at radius 1 is 1.43 bits per heavy atom. The molecule has 2 rings (SSSR count). The first-order valence-corrected chi connectivity index (χ1v) is 7.26. The summed E-state index contributed by atoms with van der Waals surface area (Å²) in [6.07, 6.45) is 2.12. The summed E-state index contributed by atoms with van der Waals surface area (Å²) in [5.41, 5.74) is 2.78. The predicted molar refractivity (Wildman–Crippen MR) is 84.9 cm³/mol. The minimum Gasteiger partial charge on any atom is -0.494 e. The molecule has 0 aromatic heterocycles. The van der Waals surface area contributed by atoms with E-state index >= 15 is 0 Å². The molecule has 4 nitrogen and oxygen atoms in total. The second-order valence-electron chi connectivity index (χ2n) is 5.98. The lowest BCUT2D eigenvalue weighted by molar-refractivity contribution is -0.138. The van der Waals surface area contributed by atoms with Crippen molar-refractivity contribution in [3.05, 3.63) is 29.8 Å². The maximum atomic E-state index is 11.5. The molecule has 0 radical (unpaired) electrons. The number of nitrogens with zero attached hydrogens (tertiary/aromatic N) is 1. The fourth-order valence-electron chi connectivity index (χ4n) is 3.10. The normalized spacial score (nSPS) is 17.8. The maximum Gasteiger partial charge on any atom is 0.326 e. The summed E-state index contributed by atoms with van der Waals surface area (Å²) in [5.74, 6) is -0.0116. The standard InChI is InChI=1S/C17H23NO3/c1-6-21-13-7-8-15-14(9-13)11(2)10-17(4,5)18(15)12(3)16(19)20/h7-10,12H,6H2,1-5H3,(H,19,20). The van der Waals surface area contributed by atoms with Crippen molar-refractivity contribution >= 4 is 17.2 Å². The molecule has 1 aromatic carbocycles. The number of carboxylic acid groups (broad SMARTS) is 1. The van der Waals surface area contributed by atoms with E-state index in [2.05, 4.69) is 13.0 Å². The molecule has 114 valence electrons. The zero-order chi connectivity index (χ0) is 15.8. The monoisotopic (exact) mass is 289 g/mol. The van der Waals surface area contributed by atoms with Gasteiger partial charge in [0.2, 0.25) is 0 Å². The number of hydrogen-bond acceptors (Lipinski definition) is 3. The van der Waals surface area contributed by atoms with Gasteiger partial charge in [-0.2, -0.15) is 0 Å². The highest BCUT2D eigenvalue weighted by Gasteiger charge is 2.37. The van der Waals surface area contributed by atoms with Crippen LogP contribution in [0.2, 0.25) is 0 Å². The SMILES string of the molecule is CCOc1ccc2c(c1)C(C)=CC(C)(C)N2C(C)C(=O)O. The third kappa shape index (κ3) is 2.75. The lowest BCUT2D eigenvalue weighted by Crippen LogP contribution is -2.53. The maximum absolute atomic E-state index is 11.5. The summed E-state index contributed by atoms with van der Waals surface area (Å²) in [6.45, 7) is 10.4. The second kappa shape index (κ2) is 5.43. The van der Waals surface area contributed by atoms with Gasteiger partial charge in [-0.15, -0.1) is 0 Å². The number of benzene rings is 1. The molecule has 1 aliphatic heterocycles. The predicted octanol–water partition coefficient (Wildman–Crippen LogP) is 3.56. The molecule has 4 heteroatoms. The van der Waals surface area contributed by atoms with E-state index in [9.17, 15) is 9.90 Å². The van der Waals surface area contributed by atoms with Crippen molar-refractivity contribution in [3.8, 4) is 5.75 Å². The molecule has 1 aromatic rings. The number of anilines is 1. The van der Waals surface area contributed by atoms with Crippen molar-refractivity contribution in [1.82, 2.24) is 0 Å². The number of hydrogen-bond donors (Lipinski definition) is 1. The topological polar surface area (TPSA) is 49.8 Å². The van der Waals surface area contributed by atoms with E-state index in [1.54, 1.807) is 6.92 Å². The highest BCUT2D eigenvalue weighted by atomic mass is 16.5. The quantitative estimate of drug-likeness (QED) is 0.920. The van der Waals surface area contributed by atoms with Crippen molar-refractivity contribution in [3.63, 3.8) is 0 Å². The average molecular weight is 289 g/mol. The van der Waals surface area contributed by atoms with Crippen molar-refractivity contribution in [2.45, 2.75) is 46.2 Å². The van der Waals surface area contributed by atoms with Crippen LogP contribution >= 0.6 is 0 Å². The molecule has 1 atom stereocenters. The molecule has 1 N–H and O–H groups in total. The fraction of sp³-hybridized carbons (Fsp3) is 0.471. The largest absolute Gasteiger partial charge is 0.494 e. The summed E-state index contributed by atoms with van der Waals surface area (Å²) < 4.78 is 5.55. The molecule has 1 heterocycles. The van der Waals surface area contributed by atoms with Gasteiger partial charge in [-0.1, -0.05) is 6.08 Å². The molecule has 0 saturated carbocycles. The molecule has 0 bridgehead atoms. The van der Waals surface area contributed by atoms with E-state index in [1.165, 1.54) is 0 Å². The van der Waals surface area contributed by atoms with Crippen LogP contribution in [0.1, 0.15) is 40.2 Å². The number of carboxylic acids is 1. The minimum atomic E-state index is -0.823. The van der Waals surface area contributed by atoms with Crippen molar-refractivity contribution < 1.29 is 14.6 Å². The Balaban J connectivity index is 2.57. The van der Waals surface area contributed by atoms with Gasteiger partial charge in [-0.05, 0) is 58.4 Å². The molecule has 0 amide bonds. The van der Waals surface area contributed by atoms with Gasteiger partial charge < -0.3 is 14.7 Å². The number of ether oxygens (including phenoxy) is 1. The van der Waals surface area contributed by atoms with Crippen LogP contribution in [0.25, 0.3) is 5.57 Å². The van der Waals surface area contributed by atoms with Gasteiger partial charge in [0.25, 0.3) is 0 Å². The molecule has 0 saturated heterocycles. The Hall–Kier alpha value is -1.97. The molecule has 21 heavy (non-hydrogen) atoms. The van der Waals surface area contributed by atoms with Gasteiger partial charge in [0.1, 0.15) is 11.8 Å². The number of allylic oxidation sites excluding steroid dienone is 1. The van der Waals surface area contributed by atoms with Crippen molar-refractivity contribution in [2.24, 2.45) is 0 Å². The Morgan fingerprint density at radius 3 is 2.67 bits per heavy atom. The fourth-order valence-corrected chi connectivity index (χ4v) is 3.10. The van der Waals surface area contributed by atoms with Crippen LogP contribution in [0.5, 0.6) is 5.75 Å². The van der Waals surface area contributed by atoms with Crippen molar-refractivity contribution in [2.75, 3.05) is 11.5 Å². The van der Waals surface area contributed by atoms with E-state index in [-0.39, 0.29) is 5.54 Å². The first kappa shape index (κ1) is 15.4. The Morgan fingerprint density at radius 2 is 2.10 bits per heavy atom. The van der Waals surface area contributed by atoms with Crippen LogP contribution in [0.15, 0.2) is 24.3 Å². The first-order valence-electron chi connectivity index (χ1n) is 7.26. The van der Waals surface area contributed by atoms with Crippen LogP contribution in [0.3, 0.4) is 0 Å². The highest BCUT2D eigenvalue weighted by molar-refractivity contribution is 5.87. The number of fused-ring (bicyclic) bond motifs is 1. The lowest BCUT2D eigenvalue weighted by Gasteiger charge is -2.45. The Bertz CT molecular complexity index is 590. The average Bonchev–Trinajstić information content (AvgIpc) is 2.38. The van der Waals surface area contributed by atoms with E-state index in [0.717, 1.165) is 22.6 Å². The first-order chi connectivity index (χ1) is 9.77. The molecule has 0 fully saturated rings. The van der Waals surface area contributed by atoms with Crippen LogP contribution in [-0.2, 0) is 4.79 Å². The molecule has 1 aliphatic rings. The van der Waals surface area contributed by atoms with E-state index < -0.39 is 12.0 Å². The third-order valence-electron chi connectivity index (χ3n) is 3.90. The summed E-state index contributed by atoms with van der Waals surface area (Å²) in [4.78, 5) is 13.4. The minimum absolute atomic E-state index is 0.345. The second-order valence-corrected chi connectivity index (χ2v) is 5.98. The van der Waals surface area contributed by atoms with Gasteiger partial charge in [-0.3, -0.25) is 0 Å². The number of carbonyl (C=O) groups is 1. The molecule has 0 spiro atoms. The summed E-state index contributed by atoms with van der Waals surface area (Å²) in [7, 11) is 0. The van der Waals surface area contributed by atoms with Gasteiger partial charge in [0.05, 0.1) is 12.1 Å². The highest BCUT2D eigenvalue weighted by Crippen LogP contribution is 2.41. The van der Waals surface area contributed by atoms with Crippen LogP contribution in [0, 0.1) is 0 Å². The zero-order valence-electron chi connectivity index (χ0n) is 13.3. The van der Waals surface area contributed by atoms with E-state index in [4.69, 9.17) is 4.74 Å². The van der Waals surface area contributed by atoms with Gasteiger partial charge in [-0.25, -0.2) is 4.79 Å². The van der Waals surface area contributed by atoms with Gasteiger partial charge in [0, 0.05) is 11.3 Å². The van der Waals surface area contributed by atoms with Crippen LogP contribution in [-0.4, -0.2) is 29.3 Å². The van der Waals surface area contributed by atoms with Crippen LogP contribution in [0.4, 0.5) is 5.69 Å². The smallest absolute Gasteiger partial charge is 0.326 e. The molecular weight excluding hydrogens is 266 g/mol. The zero-order valence-corrected chi connectivity index (χ0v) is 13.3.